The number of rotatable bonds is 12. The zero-order valence-electron chi connectivity index (χ0n) is 45.8. The number of hydrogen-bond acceptors (Lipinski definition) is 6. The molecule has 1 aliphatic carbocycles. The maximum atomic E-state index is 6.27. The Labute approximate surface area is 482 Å². The molecule has 14 aromatic rings. The Bertz CT molecular complexity index is 4200. The van der Waals surface area contributed by atoms with Crippen molar-refractivity contribution in [2.24, 2.45) is 0 Å². The maximum absolute atomic E-state index is 6.27. The quantitative estimate of drug-likeness (QED) is 0.122. The molecule has 0 aliphatic heterocycles. The number of para-hydroxylation sites is 4. The third-order valence-electron chi connectivity index (χ3n) is 16.3. The standard InChI is InChI=1S/C77H54N4O2/c1-77(2)69-49-63(80(61-35-31-55(32-36-61)75-78-71-27-15-17-29-73(71)82-75)65-45-57(51-19-7-3-8-20-51)43-58(46-65)52-21-9-4-10-22-52)39-41-67(69)68-42-40-64(50-70(68)77)81(62-37-33-56(34-38-62)76-79-72-28-16-18-30-74(72)83-76)66-47-59(53-23-11-5-12-24-53)44-60(48-66)54-25-13-6-14-26-54/h3-50H,1-2H3. The van der Waals surface area contributed by atoms with E-state index in [1.165, 1.54) is 22.3 Å². The van der Waals surface area contributed by atoms with Crippen LogP contribution in [0.25, 0.3) is 101 Å². The highest BCUT2D eigenvalue weighted by Crippen LogP contribution is 2.53. The van der Waals surface area contributed by atoms with E-state index in [0.717, 1.165) is 112 Å². The molecule has 6 nitrogen and oxygen atoms in total. The monoisotopic (exact) mass is 1070 g/mol. The van der Waals surface area contributed by atoms with Crippen LogP contribution in [0.4, 0.5) is 34.1 Å². The van der Waals surface area contributed by atoms with Crippen molar-refractivity contribution in [1.82, 2.24) is 9.97 Å². The molecule has 2 aromatic heterocycles. The van der Waals surface area contributed by atoms with Crippen LogP contribution in [0.5, 0.6) is 0 Å². The molecule has 0 saturated carbocycles. The highest BCUT2D eigenvalue weighted by molar-refractivity contribution is 5.92. The fourth-order valence-corrected chi connectivity index (χ4v) is 12.1. The lowest BCUT2D eigenvalue weighted by atomic mass is 9.82. The lowest BCUT2D eigenvalue weighted by molar-refractivity contribution is 0.619. The first-order valence-electron chi connectivity index (χ1n) is 28.2. The van der Waals surface area contributed by atoms with Gasteiger partial charge in [0.2, 0.25) is 11.8 Å². The first kappa shape index (κ1) is 49.2. The van der Waals surface area contributed by atoms with E-state index in [-0.39, 0.29) is 0 Å². The lowest BCUT2D eigenvalue weighted by Gasteiger charge is -2.30. The van der Waals surface area contributed by atoms with E-state index in [4.69, 9.17) is 18.8 Å². The van der Waals surface area contributed by atoms with Crippen molar-refractivity contribution in [3.8, 4) is 78.5 Å². The fourth-order valence-electron chi connectivity index (χ4n) is 12.1. The second-order valence-electron chi connectivity index (χ2n) is 21.8. The van der Waals surface area contributed by atoms with Crippen molar-refractivity contribution in [1.29, 1.82) is 0 Å². The Morgan fingerprint density at radius 2 is 0.578 bits per heavy atom. The molecular formula is C77H54N4O2. The number of fused-ring (bicyclic) bond motifs is 5. The Morgan fingerprint density at radius 3 is 0.916 bits per heavy atom. The normalized spacial score (nSPS) is 12.3. The van der Waals surface area contributed by atoms with Gasteiger partial charge in [-0.2, -0.15) is 0 Å². The van der Waals surface area contributed by atoms with Gasteiger partial charge in [0.25, 0.3) is 0 Å². The van der Waals surface area contributed by atoms with Crippen molar-refractivity contribution in [3.63, 3.8) is 0 Å². The van der Waals surface area contributed by atoms with Gasteiger partial charge in [-0.3, -0.25) is 0 Å². The molecule has 0 unspecified atom stereocenters. The second-order valence-corrected chi connectivity index (χ2v) is 21.8. The summed E-state index contributed by atoms with van der Waals surface area (Å²) < 4.78 is 12.5. The summed E-state index contributed by atoms with van der Waals surface area (Å²) in [5, 5.41) is 0. The van der Waals surface area contributed by atoms with Crippen LogP contribution < -0.4 is 9.80 Å². The zero-order chi connectivity index (χ0) is 55.4. The van der Waals surface area contributed by atoms with Crippen molar-refractivity contribution in [3.05, 3.63) is 302 Å². The van der Waals surface area contributed by atoms with Crippen molar-refractivity contribution in [2.45, 2.75) is 19.3 Å². The van der Waals surface area contributed by atoms with Gasteiger partial charge in [-0.15, -0.1) is 0 Å². The molecule has 12 aromatic carbocycles. The van der Waals surface area contributed by atoms with E-state index in [2.05, 4.69) is 266 Å². The van der Waals surface area contributed by atoms with E-state index < -0.39 is 5.41 Å². The molecule has 0 amide bonds. The Morgan fingerprint density at radius 1 is 0.265 bits per heavy atom. The summed E-state index contributed by atoms with van der Waals surface area (Å²) in [6.45, 7) is 4.74. The smallest absolute Gasteiger partial charge is 0.227 e. The van der Waals surface area contributed by atoms with Crippen LogP contribution in [-0.2, 0) is 5.41 Å². The van der Waals surface area contributed by atoms with Gasteiger partial charge >= 0.3 is 0 Å². The van der Waals surface area contributed by atoms with Gasteiger partial charge in [-0.1, -0.05) is 172 Å². The predicted octanol–water partition coefficient (Wildman–Crippen LogP) is 21.2. The first-order chi connectivity index (χ1) is 40.8. The van der Waals surface area contributed by atoms with Crippen LogP contribution in [0.3, 0.4) is 0 Å². The molecule has 0 fully saturated rings. The summed E-state index contributed by atoms with van der Waals surface area (Å²) in [4.78, 5) is 14.5. The molecule has 394 valence electrons. The molecule has 0 N–H and O–H groups in total. The number of aromatic nitrogens is 2. The van der Waals surface area contributed by atoms with Gasteiger partial charge < -0.3 is 18.6 Å². The van der Waals surface area contributed by atoms with Crippen molar-refractivity contribution >= 4 is 56.3 Å². The minimum absolute atomic E-state index is 0.399. The SMILES string of the molecule is CC1(C)c2cc(N(c3ccc(-c4nc5ccccc5o4)cc3)c3cc(-c4ccccc4)cc(-c4ccccc4)c3)ccc2-c2ccc(N(c3ccc(-c4nc5ccccc5o4)cc3)c3cc(-c4ccccc4)cc(-c4ccccc4)c3)cc21. The average molecular weight is 1070 g/mol. The highest BCUT2D eigenvalue weighted by Gasteiger charge is 2.37. The van der Waals surface area contributed by atoms with E-state index in [1.54, 1.807) is 0 Å². The largest absolute Gasteiger partial charge is 0.436 e. The lowest BCUT2D eigenvalue weighted by Crippen LogP contribution is -2.18. The topological polar surface area (TPSA) is 58.5 Å². The molecule has 2 heterocycles. The van der Waals surface area contributed by atoms with E-state index in [9.17, 15) is 0 Å². The molecule has 1 aliphatic rings. The summed E-state index contributed by atoms with van der Waals surface area (Å²) >= 11 is 0. The number of hydrogen-bond donors (Lipinski definition) is 0. The van der Waals surface area contributed by atoms with Crippen LogP contribution in [0, 0.1) is 0 Å². The summed E-state index contributed by atoms with van der Waals surface area (Å²) in [5.41, 5.74) is 24.9. The highest BCUT2D eigenvalue weighted by atomic mass is 16.4. The van der Waals surface area contributed by atoms with E-state index in [1.807, 2.05) is 48.5 Å². The number of benzene rings is 12. The zero-order valence-corrected chi connectivity index (χ0v) is 45.8. The summed E-state index contributed by atoms with van der Waals surface area (Å²) in [5.74, 6) is 1.18. The Kier molecular flexibility index (Phi) is 12.1. The van der Waals surface area contributed by atoms with Crippen molar-refractivity contribution in [2.75, 3.05) is 9.80 Å². The molecule has 0 spiro atoms. The van der Waals surface area contributed by atoms with Gasteiger partial charge in [0.15, 0.2) is 11.2 Å². The van der Waals surface area contributed by atoms with Crippen LogP contribution in [0.2, 0.25) is 0 Å². The minimum atomic E-state index is -0.399. The van der Waals surface area contributed by atoms with Crippen LogP contribution in [0.15, 0.2) is 300 Å². The van der Waals surface area contributed by atoms with Gasteiger partial charge in [0.1, 0.15) is 11.0 Å². The minimum Gasteiger partial charge on any atom is -0.436 e. The molecule has 0 bridgehead atoms. The second kappa shape index (κ2) is 20.4. The van der Waals surface area contributed by atoms with Gasteiger partial charge in [-0.25, -0.2) is 9.97 Å². The van der Waals surface area contributed by atoms with Crippen LogP contribution in [0.1, 0.15) is 25.0 Å². The number of nitrogens with zero attached hydrogens (tertiary/aromatic N) is 4. The summed E-state index contributed by atoms with van der Waals surface area (Å²) in [6, 6.07) is 104. The summed E-state index contributed by atoms with van der Waals surface area (Å²) in [7, 11) is 0. The van der Waals surface area contributed by atoms with Crippen LogP contribution in [-0.4, -0.2) is 9.97 Å². The van der Waals surface area contributed by atoms with E-state index in [0.29, 0.717) is 11.8 Å². The van der Waals surface area contributed by atoms with E-state index >= 15 is 0 Å². The molecular weight excluding hydrogens is 1010 g/mol. The molecule has 0 saturated heterocycles. The van der Waals surface area contributed by atoms with Gasteiger partial charge in [-0.05, 0) is 200 Å². The molecule has 0 atom stereocenters. The van der Waals surface area contributed by atoms with Crippen LogP contribution >= 0.6 is 0 Å². The van der Waals surface area contributed by atoms with Gasteiger partial charge in [0.05, 0.1) is 0 Å². The Hall–Kier alpha value is -10.8. The molecule has 0 radical (unpaired) electrons. The first-order valence-corrected chi connectivity index (χ1v) is 28.2. The number of oxazole rings is 2. The fraction of sp³-hybridized carbons (Fsp3) is 0.0390. The van der Waals surface area contributed by atoms with Gasteiger partial charge in [0, 0.05) is 50.7 Å². The predicted molar refractivity (Wildman–Crippen MR) is 341 cm³/mol. The number of anilines is 6. The third-order valence-corrected chi connectivity index (χ3v) is 16.3. The Balaban J connectivity index is 0.867. The average Bonchev–Trinajstić information content (AvgIpc) is 4.07. The van der Waals surface area contributed by atoms with Crippen molar-refractivity contribution < 1.29 is 8.83 Å². The maximum Gasteiger partial charge on any atom is 0.227 e. The molecule has 15 rings (SSSR count). The summed E-state index contributed by atoms with van der Waals surface area (Å²) in [6.07, 6.45) is 0. The molecule has 83 heavy (non-hydrogen) atoms. The third kappa shape index (κ3) is 9.13. The molecule has 6 heteroatoms.